The van der Waals surface area contributed by atoms with Crippen molar-refractivity contribution in [2.75, 3.05) is 20.8 Å². The Kier molecular flexibility index (Phi) is 10.0. The summed E-state index contributed by atoms with van der Waals surface area (Å²) in [5.74, 6) is 2.45. The lowest BCUT2D eigenvalue weighted by Crippen LogP contribution is -2.56. The molecule has 47 heavy (non-hydrogen) atoms. The molecule has 0 radical (unpaired) electrons. The van der Waals surface area contributed by atoms with Gasteiger partial charge in [0.05, 0.1) is 37.9 Å². The van der Waals surface area contributed by atoms with Gasteiger partial charge in [-0.3, -0.25) is 9.69 Å². The molecule has 254 valence electrons. The Hall–Kier alpha value is -2.94. The summed E-state index contributed by atoms with van der Waals surface area (Å²) >= 11 is 7.00. The van der Waals surface area contributed by atoms with E-state index in [0.29, 0.717) is 63.3 Å². The van der Waals surface area contributed by atoms with Crippen LogP contribution in [0.2, 0.25) is 0 Å². The van der Waals surface area contributed by atoms with E-state index in [4.69, 9.17) is 30.8 Å². The van der Waals surface area contributed by atoms with Gasteiger partial charge in [0.1, 0.15) is 33.4 Å². The number of carbonyl (C=O) groups excluding carboxylic acids is 2. The maximum Gasteiger partial charge on any atom is 0.338 e. The second-order valence-electron chi connectivity index (χ2n) is 13.1. The third-order valence-corrected chi connectivity index (χ3v) is 11.3. The minimum atomic E-state index is -2.08. The predicted octanol–water partition coefficient (Wildman–Crippen LogP) is 3.83. The average Bonchev–Trinajstić information content (AvgIpc) is 3.84. The SMILES string of the molecule is COc1cc(OC)cc(-c2cc(CCCCOC(=O)[C@]3(O)C[C@@H](O)[C@@H](O)[C@H](O)C3)c(/C=C3\SC(=S)N(C4CC5CCC4C5)C3=O)o2)c1. The normalized spacial score (nSPS) is 31.2. The van der Waals surface area contributed by atoms with Gasteiger partial charge >= 0.3 is 5.97 Å². The number of thioether (sulfide) groups is 1. The maximum atomic E-state index is 13.7. The Morgan fingerprint density at radius 1 is 1.06 bits per heavy atom. The molecule has 2 aromatic rings. The summed E-state index contributed by atoms with van der Waals surface area (Å²) in [6.07, 6.45) is 2.73. The first-order valence-electron chi connectivity index (χ1n) is 16.1. The number of aryl methyl sites for hydroxylation is 1. The summed E-state index contributed by atoms with van der Waals surface area (Å²) < 4.78 is 23.2. The lowest BCUT2D eigenvalue weighted by molar-refractivity contribution is -0.192. The molecule has 1 amide bonds. The molecule has 2 bridgehead atoms. The van der Waals surface area contributed by atoms with Gasteiger partial charge in [-0.05, 0) is 74.1 Å². The molecule has 1 saturated heterocycles. The third kappa shape index (κ3) is 6.97. The molecule has 4 N–H and O–H groups in total. The zero-order valence-electron chi connectivity index (χ0n) is 26.4. The fourth-order valence-corrected chi connectivity index (χ4v) is 8.77. The zero-order chi connectivity index (χ0) is 33.5. The van der Waals surface area contributed by atoms with E-state index in [2.05, 4.69) is 0 Å². The van der Waals surface area contributed by atoms with Crippen molar-refractivity contribution in [3.8, 4) is 22.8 Å². The van der Waals surface area contributed by atoms with Crippen molar-refractivity contribution in [1.29, 1.82) is 0 Å². The van der Waals surface area contributed by atoms with Crippen LogP contribution in [0, 0.1) is 11.8 Å². The topological polar surface area (TPSA) is 159 Å². The van der Waals surface area contributed by atoms with Crippen molar-refractivity contribution >= 4 is 46.3 Å². The highest BCUT2D eigenvalue weighted by Crippen LogP contribution is 2.49. The molecule has 2 heterocycles. The van der Waals surface area contributed by atoms with Gasteiger partial charge in [0.2, 0.25) is 0 Å². The van der Waals surface area contributed by atoms with Crippen LogP contribution in [0.5, 0.6) is 11.5 Å². The van der Waals surface area contributed by atoms with Crippen LogP contribution in [0.15, 0.2) is 33.6 Å². The molecule has 1 aromatic carbocycles. The molecule has 4 aliphatic rings. The number of thiocarbonyl (C=S) groups is 1. The Morgan fingerprint density at radius 2 is 1.77 bits per heavy atom. The van der Waals surface area contributed by atoms with E-state index < -0.39 is 42.7 Å². The number of aliphatic hydroxyl groups is 4. The molecule has 4 fully saturated rings. The van der Waals surface area contributed by atoms with Crippen molar-refractivity contribution in [3.63, 3.8) is 0 Å². The smallest absolute Gasteiger partial charge is 0.338 e. The highest BCUT2D eigenvalue weighted by Gasteiger charge is 2.50. The summed E-state index contributed by atoms with van der Waals surface area (Å²) in [6, 6.07) is 7.53. The molecule has 3 aliphatic carbocycles. The van der Waals surface area contributed by atoms with E-state index in [1.807, 2.05) is 23.1 Å². The van der Waals surface area contributed by atoms with Crippen molar-refractivity contribution in [2.24, 2.45) is 11.8 Å². The molecular formula is C34H41NO10S2. The molecule has 0 spiro atoms. The van der Waals surface area contributed by atoms with Gasteiger partial charge < -0.3 is 39.1 Å². The lowest BCUT2D eigenvalue weighted by Gasteiger charge is -2.38. The number of benzene rings is 1. The summed E-state index contributed by atoms with van der Waals surface area (Å²) in [4.78, 5) is 28.6. The number of methoxy groups -OCH3 is 2. The van der Waals surface area contributed by atoms with Crippen LogP contribution in [-0.2, 0) is 20.7 Å². The highest BCUT2D eigenvalue weighted by molar-refractivity contribution is 8.26. The molecule has 6 rings (SSSR count). The van der Waals surface area contributed by atoms with Crippen LogP contribution >= 0.6 is 24.0 Å². The average molecular weight is 688 g/mol. The van der Waals surface area contributed by atoms with Crippen LogP contribution in [0.4, 0.5) is 0 Å². The van der Waals surface area contributed by atoms with E-state index in [1.54, 1.807) is 26.4 Å². The fourth-order valence-electron chi connectivity index (χ4n) is 7.42. The van der Waals surface area contributed by atoms with E-state index in [-0.39, 0.29) is 18.6 Å². The number of unbranched alkanes of at least 4 members (excludes halogenated alkanes) is 1. The molecule has 3 saturated carbocycles. The molecule has 1 aromatic heterocycles. The first-order chi connectivity index (χ1) is 22.5. The molecular weight excluding hydrogens is 647 g/mol. The number of ether oxygens (including phenoxy) is 3. The number of nitrogens with zero attached hydrogens (tertiary/aromatic N) is 1. The van der Waals surface area contributed by atoms with Crippen molar-refractivity contribution in [3.05, 3.63) is 40.5 Å². The highest BCUT2D eigenvalue weighted by atomic mass is 32.2. The first kappa shape index (κ1) is 33.9. The fraction of sp³-hybridized carbons (Fsp3) is 0.559. The van der Waals surface area contributed by atoms with E-state index in [9.17, 15) is 30.0 Å². The lowest BCUT2D eigenvalue weighted by atomic mass is 9.80. The van der Waals surface area contributed by atoms with Crippen LogP contribution in [0.3, 0.4) is 0 Å². The molecule has 1 aliphatic heterocycles. The second-order valence-corrected chi connectivity index (χ2v) is 14.7. The molecule has 11 nitrogen and oxygen atoms in total. The van der Waals surface area contributed by atoms with Gasteiger partial charge in [-0.1, -0.05) is 30.4 Å². The van der Waals surface area contributed by atoms with Crippen LogP contribution < -0.4 is 9.47 Å². The van der Waals surface area contributed by atoms with Crippen LogP contribution in [0.25, 0.3) is 17.4 Å². The Balaban J connectivity index is 1.17. The number of amides is 1. The number of fused-ring (bicyclic) bond motifs is 2. The summed E-state index contributed by atoms with van der Waals surface area (Å²) in [6.45, 7) is 0.00518. The van der Waals surface area contributed by atoms with Gasteiger partial charge in [-0.15, -0.1) is 0 Å². The van der Waals surface area contributed by atoms with Crippen LogP contribution in [-0.4, -0.2) is 92.3 Å². The van der Waals surface area contributed by atoms with E-state index >= 15 is 0 Å². The van der Waals surface area contributed by atoms with Crippen LogP contribution in [0.1, 0.15) is 62.7 Å². The minimum absolute atomic E-state index is 0.00518. The minimum Gasteiger partial charge on any atom is -0.497 e. The Bertz CT molecular complexity index is 1520. The second kappa shape index (κ2) is 13.9. The van der Waals surface area contributed by atoms with Gasteiger partial charge in [0.15, 0.2) is 5.60 Å². The number of hydrogen-bond acceptors (Lipinski definition) is 12. The molecule has 13 heteroatoms. The Morgan fingerprint density at radius 3 is 2.38 bits per heavy atom. The van der Waals surface area contributed by atoms with Gasteiger partial charge in [-0.2, -0.15) is 0 Å². The Labute approximate surface area is 282 Å². The van der Waals surface area contributed by atoms with Gasteiger partial charge in [0.25, 0.3) is 5.91 Å². The van der Waals surface area contributed by atoms with Crippen molar-refractivity contribution < 1.29 is 48.6 Å². The largest absolute Gasteiger partial charge is 0.497 e. The molecule has 5 atom stereocenters. The predicted molar refractivity (Wildman–Crippen MR) is 178 cm³/mol. The monoisotopic (exact) mass is 687 g/mol. The third-order valence-electron chi connectivity index (χ3n) is 9.93. The number of esters is 1. The maximum absolute atomic E-state index is 13.7. The standard InChI is InChI=1S/C34H41NO10S2/c1-42-22-11-21(12-23(14-22)43-2)27-13-20(5-3-4-8-44-32(40)34(41)16-25(36)30(38)26(37)17-34)28(45-27)15-29-31(39)35(33(46)47-29)24-10-18-6-7-19(24)9-18/h11-15,18-19,24-26,30,36-38,41H,3-10,16-17H2,1-2H3/b29-15-/t18?,19?,24?,25-,26-,30-,34+/m1/s1. The van der Waals surface area contributed by atoms with Crippen molar-refractivity contribution in [2.45, 2.75) is 87.7 Å². The molecule has 3 unspecified atom stereocenters. The number of rotatable bonds is 11. The summed E-state index contributed by atoms with van der Waals surface area (Å²) in [7, 11) is 3.14. The number of aliphatic hydroxyl groups excluding tert-OH is 3. The van der Waals surface area contributed by atoms with Gasteiger partial charge in [0, 0.05) is 36.6 Å². The summed E-state index contributed by atoms with van der Waals surface area (Å²) in [5, 5.41) is 40.3. The zero-order valence-corrected chi connectivity index (χ0v) is 28.1. The van der Waals surface area contributed by atoms with Gasteiger partial charge in [-0.25, -0.2) is 4.79 Å². The number of hydrogen-bond donors (Lipinski definition) is 4. The van der Waals surface area contributed by atoms with E-state index in [0.717, 1.165) is 30.4 Å². The number of furan rings is 1. The van der Waals surface area contributed by atoms with E-state index in [1.165, 1.54) is 18.2 Å². The van der Waals surface area contributed by atoms with Crippen molar-refractivity contribution in [1.82, 2.24) is 4.90 Å². The quantitative estimate of drug-likeness (QED) is 0.117. The first-order valence-corrected chi connectivity index (χ1v) is 17.3. The summed E-state index contributed by atoms with van der Waals surface area (Å²) in [5.41, 5.74) is -0.489. The number of carbonyl (C=O) groups is 2.